The number of nitrogens with one attached hydrogen (secondary N) is 1. The lowest BCUT2D eigenvalue weighted by Gasteiger charge is -2.19. The Bertz CT molecular complexity index is 1220. The number of benzene rings is 2. The summed E-state index contributed by atoms with van der Waals surface area (Å²) in [6.07, 6.45) is 0.116. The number of aliphatic hydroxyl groups excluding tert-OH is 1. The number of ether oxygens (including phenoxy) is 2. The SMILES string of the molecule is COc1ccc([C@@H](C)NC(=O)Cn2c(-c3ccc(F)cc3)nc(C)c(CCO)c2=O)cc1OC. The van der Waals surface area contributed by atoms with Gasteiger partial charge >= 0.3 is 0 Å². The van der Waals surface area contributed by atoms with Crippen LogP contribution in [0.15, 0.2) is 47.3 Å². The number of carbonyl (C=O) groups is 1. The topological polar surface area (TPSA) is 103 Å². The molecule has 0 radical (unpaired) electrons. The van der Waals surface area contributed by atoms with Crippen LogP contribution in [-0.2, 0) is 17.8 Å². The molecule has 0 saturated heterocycles. The van der Waals surface area contributed by atoms with Crippen LogP contribution in [-0.4, -0.2) is 41.4 Å². The van der Waals surface area contributed by atoms with Gasteiger partial charge in [0.05, 0.1) is 20.3 Å². The van der Waals surface area contributed by atoms with Gasteiger partial charge in [0.15, 0.2) is 11.5 Å². The van der Waals surface area contributed by atoms with Crippen molar-refractivity contribution in [2.75, 3.05) is 20.8 Å². The summed E-state index contributed by atoms with van der Waals surface area (Å²) in [5.41, 5.74) is 1.65. The largest absolute Gasteiger partial charge is 0.493 e. The van der Waals surface area contributed by atoms with Crippen LogP contribution in [0.25, 0.3) is 11.4 Å². The fourth-order valence-electron chi connectivity index (χ4n) is 3.70. The summed E-state index contributed by atoms with van der Waals surface area (Å²) in [7, 11) is 3.07. The lowest BCUT2D eigenvalue weighted by atomic mass is 10.1. The van der Waals surface area contributed by atoms with Crippen molar-refractivity contribution in [2.24, 2.45) is 0 Å². The van der Waals surface area contributed by atoms with Crippen molar-refractivity contribution in [1.82, 2.24) is 14.9 Å². The van der Waals surface area contributed by atoms with Gasteiger partial charge in [-0.25, -0.2) is 9.37 Å². The summed E-state index contributed by atoms with van der Waals surface area (Å²) < 4.78 is 25.3. The number of aryl methyl sites for hydroxylation is 1. The summed E-state index contributed by atoms with van der Waals surface area (Å²) in [6, 6.07) is 10.5. The zero-order chi connectivity index (χ0) is 24.8. The number of aromatic nitrogens is 2. The average Bonchev–Trinajstić information content (AvgIpc) is 2.83. The lowest BCUT2D eigenvalue weighted by Crippen LogP contribution is -2.36. The summed E-state index contributed by atoms with van der Waals surface area (Å²) in [5.74, 6) is 0.522. The molecule has 0 bridgehead atoms. The molecule has 9 heteroatoms. The normalized spacial score (nSPS) is 11.7. The highest BCUT2D eigenvalue weighted by atomic mass is 19.1. The van der Waals surface area contributed by atoms with Crippen molar-refractivity contribution in [1.29, 1.82) is 0 Å². The molecule has 1 heterocycles. The Kier molecular flexibility index (Phi) is 8.01. The van der Waals surface area contributed by atoms with Crippen LogP contribution < -0.4 is 20.3 Å². The fourth-order valence-corrected chi connectivity index (χ4v) is 3.70. The zero-order valence-electron chi connectivity index (χ0n) is 19.6. The Morgan fingerprint density at radius 2 is 1.82 bits per heavy atom. The van der Waals surface area contributed by atoms with Gasteiger partial charge in [0, 0.05) is 29.8 Å². The minimum atomic E-state index is -0.423. The van der Waals surface area contributed by atoms with Crippen LogP contribution in [0.3, 0.4) is 0 Å². The predicted molar refractivity (Wildman–Crippen MR) is 126 cm³/mol. The molecule has 3 rings (SSSR count). The molecule has 34 heavy (non-hydrogen) atoms. The number of carbonyl (C=O) groups excluding carboxylic acids is 1. The predicted octanol–water partition coefficient (Wildman–Crippen LogP) is 2.79. The number of methoxy groups -OCH3 is 2. The van der Waals surface area contributed by atoms with E-state index in [1.807, 2.05) is 13.0 Å². The fraction of sp³-hybridized carbons (Fsp3) is 0.320. The molecule has 8 nitrogen and oxygen atoms in total. The Labute approximate surface area is 197 Å². The van der Waals surface area contributed by atoms with Gasteiger partial charge in [-0.1, -0.05) is 6.07 Å². The van der Waals surface area contributed by atoms with E-state index in [2.05, 4.69) is 10.3 Å². The second-order valence-electron chi connectivity index (χ2n) is 7.77. The van der Waals surface area contributed by atoms with E-state index >= 15 is 0 Å². The average molecular weight is 470 g/mol. The third-order valence-corrected chi connectivity index (χ3v) is 5.52. The van der Waals surface area contributed by atoms with Gasteiger partial charge in [-0.15, -0.1) is 0 Å². The van der Waals surface area contributed by atoms with Gasteiger partial charge in [0.25, 0.3) is 5.56 Å². The van der Waals surface area contributed by atoms with Gasteiger partial charge in [0.1, 0.15) is 18.2 Å². The molecule has 0 aliphatic carbocycles. The van der Waals surface area contributed by atoms with Gasteiger partial charge < -0.3 is 19.9 Å². The minimum Gasteiger partial charge on any atom is -0.493 e. The number of rotatable bonds is 9. The molecule has 1 aromatic heterocycles. The van der Waals surface area contributed by atoms with E-state index in [1.54, 1.807) is 26.2 Å². The Morgan fingerprint density at radius 3 is 2.44 bits per heavy atom. The van der Waals surface area contributed by atoms with E-state index in [0.29, 0.717) is 28.3 Å². The number of nitrogens with zero attached hydrogens (tertiary/aromatic N) is 2. The molecule has 0 aliphatic heterocycles. The summed E-state index contributed by atoms with van der Waals surface area (Å²) in [4.78, 5) is 30.7. The third-order valence-electron chi connectivity index (χ3n) is 5.52. The van der Waals surface area contributed by atoms with Crippen LogP contribution in [0.1, 0.15) is 29.8 Å². The molecule has 3 aromatic rings. The van der Waals surface area contributed by atoms with Crippen molar-refractivity contribution >= 4 is 5.91 Å². The van der Waals surface area contributed by atoms with Crippen LogP contribution in [0, 0.1) is 12.7 Å². The van der Waals surface area contributed by atoms with Crippen LogP contribution in [0.4, 0.5) is 4.39 Å². The maximum atomic E-state index is 13.4. The second kappa shape index (κ2) is 10.9. The summed E-state index contributed by atoms with van der Waals surface area (Å²) >= 11 is 0. The van der Waals surface area contributed by atoms with Crippen molar-refractivity contribution in [3.8, 4) is 22.9 Å². The molecule has 1 atom stereocenters. The van der Waals surface area contributed by atoms with Crippen molar-refractivity contribution in [3.05, 3.63) is 75.5 Å². The monoisotopic (exact) mass is 469 g/mol. The molecule has 2 N–H and O–H groups in total. The number of aliphatic hydroxyl groups is 1. The molecule has 0 aliphatic rings. The standard InChI is InChI=1S/C25H28FN3O5/c1-15(18-7-10-21(33-3)22(13-18)34-4)27-23(31)14-29-24(17-5-8-19(26)9-6-17)28-16(2)20(11-12-30)25(29)32/h5-10,13,15,30H,11-12,14H2,1-4H3,(H,27,31)/t15-/m1/s1. The maximum absolute atomic E-state index is 13.4. The van der Waals surface area contributed by atoms with Crippen LogP contribution in [0.2, 0.25) is 0 Å². The highest BCUT2D eigenvalue weighted by molar-refractivity contribution is 5.77. The van der Waals surface area contributed by atoms with E-state index in [4.69, 9.17) is 9.47 Å². The molecule has 2 aromatic carbocycles. The van der Waals surface area contributed by atoms with Gasteiger partial charge in [0.2, 0.25) is 5.91 Å². The molecule has 0 spiro atoms. The Morgan fingerprint density at radius 1 is 1.15 bits per heavy atom. The van der Waals surface area contributed by atoms with Crippen LogP contribution >= 0.6 is 0 Å². The molecule has 0 saturated carbocycles. The lowest BCUT2D eigenvalue weighted by molar-refractivity contribution is -0.122. The molecule has 0 fully saturated rings. The molecular weight excluding hydrogens is 441 g/mol. The number of halogens is 1. The minimum absolute atomic E-state index is 0.116. The van der Waals surface area contributed by atoms with E-state index in [9.17, 15) is 19.1 Å². The third kappa shape index (κ3) is 5.43. The molecule has 180 valence electrons. The van der Waals surface area contributed by atoms with Gasteiger partial charge in [-0.2, -0.15) is 0 Å². The molecule has 1 amide bonds. The second-order valence-corrected chi connectivity index (χ2v) is 7.77. The molecule has 0 unspecified atom stereocenters. The highest BCUT2D eigenvalue weighted by Gasteiger charge is 2.19. The van der Waals surface area contributed by atoms with E-state index < -0.39 is 17.3 Å². The van der Waals surface area contributed by atoms with E-state index in [1.165, 1.54) is 35.9 Å². The number of hydrogen-bond acceptors (Lipinski definition) is 6. The summed E-state index contributed by atoms with van der Waals surface area (Å²) in [6.45, 7) is 2.96. The highest BCUT2D eigenvalue weighted by Crippen LogP contribution is 2.30. The van der Waals surface area contributed by atoms with Gasteiger partial charge in [-0.3, -0.25) is 14.2 Å². The first-order valence-corrected chi connectivity index (χ1v) is 10.8. The first kappa shape index (κ1) is 24.9. The van der Waals surface area contributed by atoms with Crippen molar-refractivity contribution in [3.63, 3.8) is 0 Å². The van der Waals surface area contributed by atoms with E-state index in [0.717, 1.165) is 5.56 Å². The number of hydrogen-bond donors (Lipinski definition) is 2. The van der Waals surface area contributed by atoms with Crippen molar-refractivity contribution in [2.45, 2.75) is 32.9 Å². The number of amides is 1. The van der Waals surface area contributed by atoms with Crippen LogP contribution in [0.5, 0.6) is 11.5 Å². The van der Waals surface area contributed by atoms with E-state index in [-0.39, 0.29) is 31.4 Å². The first-order chi connectivity index (χ1) is 16.3. The first-order valence-electron chi connectivity index (χ1n) is 10.8. The summed E-state index contributed by atoms with van der Waals surface area (Å²) in [5, 5.41) is 12.2. The Balaban J connectivity index is 1.92. The maximum Gasteiger partial charge on any atom is 0.257 e. The van der Waals surface area contributed by atoms with Crippen molar-refractivity contribution < 1.29 is 23.8 Å². The quantitative estimate of drug-likeness (QED) is 0.500. The van der Waals surface area contributed by atoms with Gasteiger partial charge in [-0.05, 0) is 55.8 Å². The molecular formula is C25H28FN3O5. The zero-order valence-corrected chi connectivity index (χ0v) is 19.6. The smallest absolute Gasteiger partial charge is 0.257 e. The Hall–Kier alpha value is -3.72.